The number of methoxy groups -OCH3 is 4. The number of hydrogen-bond acceptors (Lipinski definition) is 8. The Hall–Kier alpha value is -3.66. The van der Waals surface area contributed by atoms with Gasteiger partial charge in [-0.15, -0.1) is 16.8 Å². The van der Waals surface area contributed by atoms with Crippen molar-refractivity contribution in [3.05, 3.63) is 54.6 Å². The molecule has 10 heteroatoms. The number of benzene rings is 2. The van der Waals surface area contributed by atoms with Crippen LogP contribution in [0.1, 0.15) is 5.56 Å². The number of nitrogens with one attached hydrogen (secondary N) is 1. The predicted octanol–water partition coefficient (Wildman–Crippen LogP) is 3.57. The van der Waals surface area contributed by atoms with Gasteiger partial charge in [0.2, 0.25) is 5.91 Å². The van der Waals surface area contributed by atoms with E-state index in [1.807, 2.05) is 28.8 Å². The zero-order chi connectivity index (χ0) is 24.5. The summed E-state index contributed by atoms with van der Waals surface area (Å²) in [5.41, 5.74) is 1.59. The molecule has 0 aliphatic heterocycles. The van der Waals surface area contributed by atoms with Crippen LogP contribution in [0.15, 0.2) is 54.2 Å². The van der Waals surface area contributed by atoms with Gasteiger partial charge in [-0.05, 0) is 18.2 Å². The molecule has 2 aromatic carbocycles. The topological polar surface area (TPSA) is 96.7 Å². The second-order valence-corrected chi connectivity index (χ2v) is 7.93. The lowest BCUT2D eigenvalue weighted by Crippen LogP contribution is -2.25. The molecule has 1 N–H and O–H groups in total. The fourth-order valence-corrected chi connectivity index (χ4v) is 4.10. The van der Waals surface area contributed by atoms with Crippen LogP contribution >= 0.6 is 11.8 Å². The Morgan fingerprint density at radius 3 is 2.35 bits per heavy atom. The number of allylic oxidation sites excluding steroid dienone is 1. The largest absolute Gasteiger partial charge is 0.496 e. The molecule has 0 unspecified atom stereocenters. The molecular formula is C24H28N4O5S. The SMILES string of the molecule is C=CCn1c(SCC(=O)NCc2cc(OC)c(OC)cc2OC)nnc1-c1ccccc1OC. The number of para-hydroxylation sites is 1. The van der Waals surface area contributed by atoms with Crippen LogP contribution in [0.5, 0.6) is 23.0 Å². The summed E-state index contributed by atoms with van der Waals surface area (Å²) in [5, 5.41) is 12.1. The van der Waals surface area contributed by atoms with Crippen molar-refractivity contribution in [2.45, 2.75) is 18.2 Å². The lowest BCUT2D eigenvalue weighted by molar-refractivity contribution is -0.118. The van der Waals surface area contributed by atoms with Gasteiger partial charge >= 0.3 is 0 Å². The summed E-state index contributed by atoms with van der Waals surface area (Å²) in [7, 11) is 6.29. The van der Waals surface area contributed by atoms with E-state index in [2.05, 4.69) is 22.1 Å². The van der Waals surface area contributed by atoms with Gasteiger partial charge in [-0.3, -0.25) is 9.36 Å². The minimum atomic E-state index is -0.158. The molecule has 0 aliphatic rings. The van der Waals surface area contributed by atoms with Crippen molar-refractivity contribution in [2.75, 3.05) is 34.2 Å². The molecule has 0 radical (unpaired) electrons. The molecular weight excluding hydrogens is 456 g/mol. The number of hydrogen-bond donors (Lipinski definition) is 1. The molecule has 0 bridgehead atoms. The molecule has 3 rings (SSSR count). The summed E-state index contributed by atoms with van der Waals surface area (Å²) >= 11 is 1.30. The Balaban J connectivity index is 1.70. The molecule has 0 aliphatic carbocycles. The molecule has 0 atom stereocenters. The third-order valence-electron chi connectivity index (χ3n) is 4.97. The van der Waals surface area contributed by atoms with E-state index in [-0.39, 0.29) is 18.2 Å². The van der Waals surface area contributed by atoms with Crippen LogP contribution in [0.2, 0.25) is 0 Å². The second-order valence-electron chi connectivity index (χ2n) is 6.99. The summed E-state index contributed by atoms with van der Waals surface area (Å²) in [6, 6.07) is 11.1. The van der Waals surface area contributed by atoms with Gasteiger partial charge in [-0.25, -0.2) is 0 Å². The molecule has 1 aromatic heterocycles. The smallest absolute Gasteiger partial charge is 0.230 e. The van der Waals surface area contributed by atoms with E-state index in [1.54, 1.807) is 46.6 Å². The van der Waals surface area contributed by atoms with E-state index < -0.39 is 0 Å². The number of ether oxygens (including phenoxy) is 4. The molecule has 0 fully saturated rings. The quantitative estimate of drug-likeness (QED) is 0.308. The van der Waals surface area contributed by atoms with Gasteiger partial charge in [0, 0.05) is 24.7 Å². The van der Waals surface area contributed by atoms with Gasteiger partial charge < -0.3 is 24.3 Å². The third kappa shape index (κ3) is 5.63. The number of thioether (sulfide) groups is 1. The summed E-state index contributed by atoms with van der Waals surface area (Å²) < 4.78 is 23.4. The van der Waals surface area contributed by atoms with Gasteiger partial charge in [0.25, 0.3) is 0 Å². The van der Waals surface area contributed by atoms with Gasteiger partial charge in [0.1, 0.15) is 11.5 Å². The van der Waals surface area contributed by atoms with E-state index in [0.717, 1.165) is 11.1 Å². The van der Waals surface area contributed by atoms with E-state index in [9.17, 15) is 4.79 Å². The average Bonchev–Trinajstić information content (AvgIpc) is 3.27. The highest BCUT2D eigenvalue weighted by Gasteiger charge is 2.18. The first-order valence-electron chi connectivity index (χ1n) is 10.4. The number of rotatable bonds is 12. The van der Waals surface area contributed by atoms with Crippen molar-refractivity contribution < 1.29 is 23.7 Å². The molecule has 0 saturated carbocycles. The zero-order valence-electron chi connectivity index (χ0n) is 19.7. The van der Waals surface area contributed by atoms with E-state index in [1.165, 1.54) is 11.8 Å². The molecule has 1 heterocycles. The standard InChI is InChI=1S/C24H28N4O5S/c1-6-11-28-23(17-9-7-8-10-18(17)30-2)26-27-24(28)34-15-22(29)25-14-16-12-20(32-4)21(33-5)13-19(16)31-3/h6-10,12-13H,1,11,14-15H2,2-5H3,(H,25,29). The highest BCUT2D eigenvalue weighted by atomic mass is 32.2. The number of aromatic nitrogens is 3. The molecule has 34 heavy (non-hydrogen) atoms. The van der Waals surface area contributed by atoms with Crippen LogP contribution in [-0.4, -0.2) is 54.9 Å². The number of amides is 1. The second kappa shape index (κ2) is 12.0. The normalized spacial score (nSPS) is 10.5. The van der Waals surface area contributed by atoms with Crippen LogP contribution < -0.4 is 24.3 Å². The first kappa shape index (κ1) is 25.0. The number of carbonyl (C=O) groups is 1. The first-order chi connectivity index (χ1) is 16.6. The number of carbonyl (C=O) groups excluding carboxylic acids is 1. The highest BCUT2D eigenvalue weighted by Crippen LogP contribution is 2.34. The van der Waals surface area contributed by atoms with E-state index >= 15 is 0 Å². The molecule has 9 nitrogen and oxygen atoms in total. The maximum Gasteiger partial charge on any atom is 0.230 e. The van der Waals surface area contributed by atoms with Gasteiger partial charge in [-0.1, -0.05) is 30.0 Å². The highest BCUT2D eigenvalue weighted by molar-refractivity contribution is 7.99. The van der Waals surface area contributed by atoms with Crippen LogP contribution in [0.3, 0.4) is 0 Å². The van der Waals surface area contributed by atoms with Crippen LogP contribution in [0.4, 0.5) is 0 Å². The van der Waals surface area contributed by atoms with E-state index in [4.69, 9.17) is 18.9 Å². The first-order valence-corrected chi connectivity index (χ1v) is 11.4. The van der Waals surface area contributed by atoms with Crippen LogP contribution in [-0.2, 0) is 17.9 Å². The van der Waals surface area contributed by atoms with Crippen molar-refractivity contribution >= 4 is 17.7 Å². The third-order valence-corrected chi connectivity index (χ3v) is 5.94. The van der Waals surface area contributed by atoms with Crippen molar-refractivity contribution in [3.63, 3.8) is 0 Å². The lowest BCUT2D eigenvalue weighted by Gasteiger charge is -2.14. The Morgan fingerprint density at radius 2 is 1.68 bits per heavy atom. The minimum absolute atomic E-state index is 0.158. The summed E-state index contributed by atoms with van der Waals surface area (Å²) in [6.07, 6.45) is 1.76. The minimum Gasteiger partial charge on any atom is -0.496 e. The lowest BCUT2D eigenvalue weighted by atomic mass is 10.1. The van der Waals surface area contributed by atoms with Gasteiger partial charge in [0.15, 0.2) is 22.5 Å². The van der Waals surface area contributed by atoms with E-state index in [0.29, 0.717) is 40.5 Å². The molecule has 180 valence electrons. The summed E-state index contributed by atoms with van der Waals surface area (Å²) in [4.78, 5) is 12.6. The molecule has 0 spiro atoms. The Bertz CT molecular complexity index is 1150. The fraction of sp³-hybridized carbons (Fsp3) is 0.292. The molecule has 3 aromatic rings. The van der Waals surface area contributed by atoms with Gasteiger partial charge in [-0.2, -0.15) is 0 Å². The summed E-state index contributed by atoms with van der Waals surface area (Å²) in [5.74, 6) is 3.05. The Kier molecular flexibility index (Phi) is 8.80. The van der Waals surface area contributed by atoms with Gasteiger partial charge in [0.05, 0.1) is 39.8 Å². The Labute approximate surface area is 203 Å². The van der Waals surface area contributed by atoms with Crippen molar-refractivity contribution in [1.82, 2.24) is 20.1 Å². The number of nitrogens with zero attached hydrogens (tertiary/aromatic N) is 3. The maximum absolute atomic E-state index is 12.6. The maximum atomic E-state index is 12.6. The van der Waals surface area contributed by atoms with Crippen molar-refractivity contribution in [2.24, 2.45) is 0 Å². The van der Waals surface area contributed by atoms with Crippen molar-refractivity contribution in [1.29, 1.82) is 0 Å². The Morgan fingerprint density at radius 1 is 1.00 bits per heavy atom. The van der Waals surface area contributed by atoms with Crippen LogP contribution in [0.25, 0.3) is 11.4 Å². The van der Waals surface area contributed by atoms with Crippen LogP contribution in [0, 0.1) is 0 Å². The molecule has 0 saturated heterocycles. The molecule has 1 amide bonds. The average molecular weight is 485 g/mol. The monoisotopic (exact) mass is 484 g/mol. The van der Waals surface area contributed by atoms with Crippen molar-refractivity contribution in [3.8, 4) is 34.4 Å². The predicted molar refractivity (Wildman–Crippen MR) is 131 cm³/mol. The zero-order valence-corrected chi connectivity index (χ0v) is 20.5. The summed E-state index contributed by atoms with van der Waals surface area (Å²) in [6.45, 7) is 4.59. The fourth-order valence-electron chi connectivity index (χ4n) is 3.32.